The quantitative estimate of drug-likeness (QED) is 0.418. The number of halogens is 3. The van der Waals surface area contributed by atoms with Crippen LogP contribution in [-0.2, 0) is 4.74 Å². The van der Waals surface area contributed by atoms with E-state index in [-0.39, 0.29) is 12.4 Å². The van der Waals surface area contributed by atoms with E-state index < -0.39 is 11.7 Å². The number of hydrogen-bond donors (Lipinski definition) is 2. The molecule has 0 saturated heterocycles. The fraction of sp³-hybridized carbons (Fsp3) is 0.312. The number of amides is 1. The number of nitrogens with one attached hydrogen (secondary N) is 1. The summed E-state index contributed by atoms with van der Waals surface area (Å²) in [5.74, 6) is 6.12. The van der Waals surface area contributed by atoms with E-state index in [9.17, 15) is 4.79 Å². The Morgan fingerprint density at radius 3 is 2.50 bits per heavy atom. The molecule has 0 radical (unpaired) electrons. The van der Waals surface area contributed by atoms with Crippen molar-refractivity contribution < 1.29 is 9.53 Å². The summed E-state index contributed by atoms with van der Waals surface area (Å²) in [4.78, 5) is 29.0. The Labute approximate surface area is 187 Å². The van der Waals surface area contributed by atoms with E-state index >= 15 is 0 Å². The van der Waals surface area contributed by atoms with E-state index in [1.165, 1.54) is 17.4 Å². The molecule has 2 heterocycles. The lowest BCUT2D eigenvalue weighted by Crippen LogP contribution is -2.41. The monoisotopic (exact) mass is 575 g/mol. The van der Waals surface area contributed by atoms with Gasteiger partial charge in [0.1, 0.15) is 21.4 Å². The number of carbonyl (C=O) groups is 1. The lowest BCUT2D eigenvalue weighted by Gasteiger charge is -2.26. The van der Waals surface area contributed by atoms with E-state index in [2.05, 4.69) is 85.0 Å². The van der Waals surface area contributed by atoms with Crippen LogP contribution in [0.1, 0.15) is 26.5 Å². The van der Waals surface area contributed by atoms with Crippen molar-refractivity contribution in [2.75, 3.05) is 17.7 Å². The molecule has 2 rings (SSSR count). The lowest BCUT2D eigenvalue weighted by atomic mass is 10.2. The zero-order chi connectivity index (χ0) is 20.9. The molecule has 2 aromatic heterocycles. The van der Waals surface area contributed by atoms with Gasteiger partial charge in [0, 0.05) is 0 Å². The first-order valence-corrected chi connectivity index (χ1v) is 10.1. The van der Waals surface area contributed by atoms with Gasteiger partial charge in [-0.2, -0.15) is 0 Å². The molecule has 0 spiro atoms. The Kier molecular flexibility index (Phi) is 7.56. The molecule has 1 amide bonds. The van der Waals surface area contributed by atoms with Gasteiger partial charge in [0.25, 0.3) is 0 Å². The number of aromatic nitrogens is 4. The van der Waals surface area contributed by atoms with Gasteiger partial charge in [-0.1, -0.05) is 5.92 Å². The third-order valence-corrected chi connectivity index (χ3v) is 4.09. The van der Waals surface area contributed by atoms with Gasteiger partial charge in [-0.25, -0.2) is 29.7 Å². The van der Waals surface area contributed by atoms with Crippen molar-refractivity contribution in [2.24, 2.45) is 0 Å². The first kappa shape index (κ1) is 22.3. The van der Waals surface area contributed by atoms with Crippen LogP contribution >= 0.6 is 47.8 Å². The molecule has 0 aliphatic rings. The van der Waals surface area contributed by atoms with E-state index in [4.69, 9.17) is 10.5 Å². The Bertz CT molecular complexity index is 938. The van der Waals surface area contributed by atoms with Crippen molar-refractivity contribution in [1.82, 2.24) is 24.9 Å². The minimum Gasteiger partial charge on any atom is -0.442 e. The van der Waals surface area contributed by atoms with Gasteiger partial charge in [-0.3, -0.25) is 5.43 Å². The molecule has 0 saturated carbocycles. The van der Waals surface area contributed by atoms with Crippen LogP contribution in [0.15, 0.2) is 26.2 Å². The van der Waals surface area contributed by atoms with Crippen LogP contribution < -0.4 is 11.2 Å². The summed E-state index contributed by atoms with van der Waals surface area (Å²) in [6.45, 7) is 5.26. The number of ether oxygens (including phenoxy) is 1. The maximum absolute atomic E-state index is 12.5. The van der Waals surface area contributed by atoms with Gasteiger partial charge in [0.05, 0.1) is 12.4 Å². The molecule has 0 unspecified atom stereocenters. The first-order chi connectivity index (χ1) is 13.0. The molecule has 0 fully saturated rings. The lowest BCUT2D eigenvalue weighted by molar-refractivity contribution is 0.0318. The molecule has 3 N–H and O–H groups in total. The van der Waals surface area contributed by atoms with Gasteiger partial charge in [-0.15, -0.1) is 0 Å². The van der Waals surface area contributed by atoms with Crippen molar-refractivity contribution in [3.63, 3.8) is 0 Å². The maximum atomic E-state index is 12.5. The third-order valence-electron chi connectivity index (χ3n) is 2.77. The van der Waals surface area contributed by atoms with Crippen LogP contribution in [0, 0.1) is 11.8 Å². The van der Waals surface area contributed by atoms with Gasteiger partial charge >= 0.3 is 6.09 Å². The summed E-state index contributed by atoms with van der Waals surface area (Å²) in [7, 11) is 0. The van der Waals surface area contributed by atoms with Crippen molar-refractivity contribution in [3.05, 3.63) is 31.9 Å². The minimum absolute atomic E-state index is 0.0350. The summed E-state index contributed by atoms with van der Waals surface area (Å²) in [5, 5.41) is 1.17. The fourth-order valence-electron chi connectivity index (χ4n) is 1.69. The molecule has 0 atom stereocenters. The summed E-state index contributed by atoms with van der Waals surface area (Å²) in [6, 6.07) is 0. The van der Waals surface area contributed by atoms with Crippen LogP contribution in [-0.4, -0.2) is 43.2 Å². The molecule has 0 bridgehead atoms. The van der Waals surface area contributed by atoms with Gasteiger partial charge in [0.2, 0.25) is 0 Å². The standard InChI is InChI=1S/C16H16Br3N7O2/c1-16(2,3)28-15(27)26(25-14-12(19)24-11(18)8-22-14)6-4-5-9-13(20)21-7-10(17)23-9/h7-8H,6H2,1-3H3,(H2,20,21)(H,22,25). The topological polar surface area (TPSA) is 119 Å². The number of rotatable bonds is 3. The highest BCUT2D eigenvalue weighted by Gasteiger charge is 2.23. The van der Waals surface area contributed by atoms with Crippen LogP contribution in [0.5, 0.6) is 0 Å². The maximum Gasteiger partial charge on any atom is 0.430 e. The Morgan fingerprint density at radius 1 is 1.21 bits per heavy atom. The highest BCUT2D eigenvalue weighted by atomic mass is 79.9. The number of nitrogens with zero attached hydrogens (tertiary/aromatic N) is 5. The van der Waals surface area contributed by atoms with Crippen molar-refractivity contribution in [1.29, 1.82) is 0 Å². The largest absolute Gasteiger partial charge is 0.442 e. The molecule has 0 aliphatic carbocycles. The first-order valence-electron chi connectivity index (χ1n) is 7.77. The highest BCUT2D eigenvalue weighted by Crippen LogP contribution is 2.20. The summed E-state index contributed by atoms with van der Waals surface area (Å²) in [5.41, 5.74) is 8.22. The molecular weight excluding hydrogens is 562 g/mol. The van der Waals surface area contributed by atoms with Gasteiger partial charge in [-0.05, 0) is 74.5 Å². The molecule has 12 heteroatoms. The normalized spacial score (nSPS) is 10.6. The molecule has 0 aliphatic heterocycles. The van der Waals surface area contributed by atoms with Crippen LogP contribution in [0.2, 0.25) is 0 Å². The van der Waals surface area contributed by atoms with E-state index in [0.29, 0.717) is 25.3 Å². The number of nitrogen functional groups attached to an aromatic ring is 1. The Morgan fingerprint density at radius 2 is 1.86 bits per heavy atom. The van der Waals surface area contributed by atoms with E-state index in [1.807, 2.05) is 0 Å². The van der Waals surface area contributed by atoms with Crippen molar-refractivity contribution in [2.45, 2.75) is 26.4 Å². The zero-order valence-electron chi connectivity index (χ0n) is 15.1. The van der Waals surface area contributed by atoms with Crippen molar-refractivity contribution >= 4 is 65.5 Å². The predicted molar refractivity (Wildman–Crippen MR) is 115 cm³/mol. The second-order valence-electron chi connectivity index (χ2n) is 6.24. The molecule has 28 heavy (non-hydrogen) atoms. The highest BCUT2D eigenvalue weighted by molar-refractivity contribution is 9.11. The molecule has 9 nitrogen and oxygen atoms in total. The second-order valence-corrected chi connectivity index (χ2v) is 8.61. The molecule has 2 aromatic rings. The van der Waals surface area contributed by atoms with E-state index in [1.54, 1.807) is 20.8 Å². The summed E-state index contributed by atoms with van der Waals surface area (Å²) in [6.07, 6.45) is 2.33. The smallest absolute Gasteiger partial charge is 0.430 e. The second kappa shape index (κ2) is 9.49. The minimum atomic E-state index is -0.687. The third kappa shape index (κ3) is 6.88. The van der Waals surface area contributed by atoms with Crippen LogP contribution in [0.3, 0.4) is 0 Å². The zero-order valence-corrected chi connectivity index (χ0v) is 19.9. The predicted octanol–water partition coefficient (Wildman–Crippen LogP) is 3.75. The number of hydrogen-bond acceptors (Lipinski definition) is 8. The average Bonchev–Trinajstić information content (AvgIpc) is 2.57. The number of hydrazine groups is 1. The van der Waals surface area contributed by atoms with Crippen molar-refractivity contribution in [3.8, 4) is 11.8 Å². The number of anilines is 2. The SMILES string of the molecule is CC(C)(C)OC(=O)N(CC#Cc1nc(Br)cnc1N)Nc1ncc(Br)nc1Br. The van der Waals surface area contributed by atoms with E-state index in [0.717, 1.165) is 0 Å². The van der Waals surface area contributed by atoms with Crippen LogP contribution in [0.25, 0.3) is 0 Å². The van der Waals surface area contributed by atoms with Gasteiger partial charge in [0.15, 0.2) is 21.9 Å². The van der Waals surface area contributed by atoms with Crippen LogP contribution in [0.4, 0.5) is 16.4 Å². The number of carbonyl (C=O) groups excluding carboxylic acids is 1. The summed E-state index contributed by atoms with van der Waals surface area (Å²) < 4.78 is 6.85. The fourth-order valence-corrected chi connectivity index (χ4v) is 2.87. The summed E-state index contributed by atoms with van der Waals surface area (Å²) >= 11 is 9.73. The Hall–Kier alpha value is -1.97. The molecule has 148 valence electrons. The van der Waals surface area contributed by atoms with Gasteiger partial charge < -0.3 is 10.5 Å². The molecular formula is C16H16Br3N7O2. The average molecular weight is 578 g/mol. The molecule has 0 aromatic carbocycles. The number of nitrogens with two attached hydrogens (primary N) is 1. The Balaban J connectivity index is 2.24.